The Morgan fingerprint density at radius 3 is 1.89 bits per heavy atom. The monoisotopic (exact) mass is 921 g/mol. The fourth-order valence-corrected chi connectivity index (χ4v) is 8.91. The second-order valence-electron chi connectivity index (χ2n) is 16.3. The van der Waals surface area contributed by atoms with Crippen molar-refractivity contribution in [1.82, 2.24) is 0 Å². The Kier molecular flexibility index (Phi) is 29.5. The van der Waals surface area contributed by atoms with Crippen LogP contribution in [0.1, 0.15) is 175 Å². The molecule has 2 saturated carbocycles. The van der Waals surface area contributed by atoms with Crippen LogP contribution >= 0.6 is 21.5 Å². The summed E-state index contributed by atoms with van der Waals surface area (Å²) in [7, 11) is -1.71. The van der Waals surface area contributed by atoms with Crippen LogP contribution in [0.5, 0.6) is 0 Å². The number of carboxylic acids is 2. The Balaban J connectivity index is 0.00000119. The predicted octanol–water partition coefficient (Wildman–Crippen LogP) is 9.50. The summed E-state index contributed by atoms with van der Waals surface area (Å²) in [4.78, 5) is 45.9. The molecule has 61 heavy (non-hydrogen) atoms. The molecular weight excluding hydrogens is 840 g/mol. The highest BCUT2D eigenvalue weighted by Crippen LogP contribution is 2.42. The molecule has 9 atom stereocenters. The number of aliphatic hydroxyl groups excluding tert-OH is 2. The van der Waals surface area contributed by atoms with E-state index in [1.807, 2.05) is 13.8 Å². The third-order valence-electron chi connectivity index (χ3n) is 11.6. The molecule has 0 aromatic carbocycles. The summed E-state index contributed by atoms with van der Waals surface area (Å²) in [6, 6.07) is 1.75. The number of alkyl halides is 4. The third-order valence-corrected chi connectivity index (χ3v) is 12.4. The van der Waals surface area contributed by atoms with Crippen LogP contribution in [0.25, 0.3) is 0 Å². The van der Waals surface area contributed by atoms with Crippen molar-refractivity contribution in [3.63, 3.8) is 0 Å². The SMILES string of the molecule is CC#N.CCCCC(F)(F)C(O)CC[C@H]1[C@H](O)CC(=O)[C@@H]1CCCCCCC(=O)O.[2H]B([3H])CSOC(CC[C@H]1[C@H](OP[3H])CC(=O)[C@@H]1CCCCCCC(=O)O)C(F)(F)CCCC. The smallest absolute Gasteiger partial charge is 0.303 e. The average molecular weight is 921 g/mol. The van der Waals surface area contributed by atoms with Crippen molar-refractivity contribution in [3.8, 4) is 6.07 Å². The Labute approximate surface area is 373 Å². The van der Waals surface area contributed by atoms with Crippen LogP contribution in [0, 0.1) is 35.0 Å². The number of aliphatic hydroxyl groups is 2. The van der Waals surface area contributed by atoms with Gasteiger partial charge in [-0.25, -0.2) is 17.6 Å². The second-order valence-corrected chi connectivity index (χ2v) is 17.3. The number of carboxylic acid groups (broad SMARTS) is 2. The van der Waals surface area contributed by atoms with Crippen molar-refractivity contribution in [2.45, 2.75) is 211 Å². The molecule has 3 unspecified atom stereocenters. The van der Waals surface area contributed by atoms with E-state index in [9.17, 15) is 47.0 Å². The van der Waals surface area contributed by atoms with Crippen LogP contribution in [0.4, 0.5) is 17.6 Å². The molecule has 0 bridgehead atoms. The van der Waals surface area contributed by atoms with E-state index in [2.05, 4.69) is 0 Å². The van der Waals surface area contributed by atoms with Gasteiger partial charge >= 0.3 is 11.9 Å². The molecule has 4 N–H and O–H groups in total. The minimum absolute atomic E-state index is 0.0262. The van der Waals surface area contributed by atoms with E-state index in [0.717, 1.165) is 50.6 Å². The Hall–Kier alpha value is -1.83. The molecular formula is C43H75BF4NO10PS. The molecule has 0 saturated heterocycles. The van der Waals surface area contributed by atoms with Gasteiger partial charge in [0.05, 0.1) is 19.6 Å². The second kappa shape index (κ2) is 33.7. The molecule has 0 heterocycles. The molecule has 0 aliphatic heterocycles. The number of hydrogen-bond acceptors (Lipinski definition) is 10. The number of rotatable bonds is 34. The number of nitrogens with zero attached hydrogens (tertiary/aromatic N) is 1. The summed E-state index contributed by atoms with van der Waals surface area (Å²) in [6.45, 7) is 5.08. The van der Waals surface area contributed by atoms with Gasteiger partial charge in [0, 0.05) is 66.7 Å². The number of hydrogen-bond donors (Lipinski definition) is 4. The van der Waals surface area contributed by atoms with E-state index < -0.39 is 65.4 Å². The van der Waals surface area contributed by atoms with Gasteiger partial charge in [0.1, 0.15) is 31.5 Å². The van der Waals surface area contributed by atoms with Gasteiger partial charge in [-0.1, -0.05) is 65.2 Å². The first-order valence-electron chi connectivity index (χ1n) is 23.7. The van der Waals surface area contributed by atoms with Crippen LogP contribution in [0.3, 0.4) is 0 Å². The maximum absolute atomic E-state index is 14.9. The summed E-state index contributed by atoms with van der Waals surface area (Å²) in [5.74, 6) is -9.15. The molecule has 0 aromatic heterocycles. The van der Waals surface area contributed by atoms with Gasteiger partial charge < -0.3 is 29.1 Å². The number of carbonyl (C=O) groups excluding carboxylic acids is 2. The van der Waals surface area contributed by atoms with E-state index in [-0.39, 0.29) is 98.7 Å². The van der Waals surface area contributed by atoms with Crippen molar-refractivity contribution in [2.24, 2.45) is 23.7 Å². The Bertz CT molecular complexity index is 1370. The van der Waals surface area contributed by atoms with Gasteiger partial charge in [-0.05, 0) is 96.4 Å². The first kappa shape index (κ1) is 53.5. The van der Waals surface area contributed by atoms with Gasteiger partial charge in [0.15, 0.2) is 0 Å². The fraction of sp³-hybridized carbons (Fsp3) is 0.884. The number of ketones is 2. The zero-order chi connectivity index (χ0) is 48.7. The van der Waals surface area contributed by atoms with Crippen molar-refractivity contribution in [3.05, 3.63) is 0 Å². The number of aliphatic carboxylic acids is 2. The molecule has 11 nitrogen and oxygen atoms in total. The molecule has 0 amide bonds. The largest absolute Gasteiger partial charge is 0.481 e. The quantitative estimate of drug-likeness (QED) is 0.0157. The molecule has 0 radical (unpaired) electrons. The highest BCUT2D eigenvalue weighted by Gasteiger charge is 2.46. The van der Waals surface area contributed by atoms with E-state index in [4.69, 9.17) is 28.1 Å². The van der Waals surface area contributed by atoms with Crippen LogP contribution in [-0.2, 0) is 27.9 Å². The van der Waals surface area contributed by atoms with Crippen molar-refractivity contribution in [1.29, 1.82) is 9.21 Å². The standard InChI is InChI=1S/C21H38BF2O5PS.C20H34F2O5.C2H3N/c1-2-3-12-21(23,24)19(29-31-14-22)11-10-16-15(17(25)13-18(16)28-30)8-6-4-5-7-9-20(26)27;1-2-3-12-20(21,22)18(25)11-10-15-14(16(23)13-17(15)24)8-6-4-5-7-9-19(26)27;1-2-3/h15-16,18-19H,2-14,22,30H2,1H3,(H,26,27);14-15,17-18,24-25H,2-13H2,1H3,(H,26,27);1H3/t15-,16-,18-,19?;14-,15-,17-,18?;/m11./s1/i22TD,30T;;/t15-,16-,18-,19?,30?;;. The number of carbonyl (C=O) groups is 4. The van der Waals surface area contributed by atoms with Gasteiger partial charge in [-0.3, -0.25) is 19.2 Å². The fourth-order valence-electron chi connectivity index (χ4n) is 8.17. The lowest BCUT2D eigenvalue weighted by atomic mass is 9.84. The number of Topliss-reactive ketones (excluding diaryl/α,β-unsaturated/α-hetero) is 2. The first-order chi connectivity index (χ1) is 30.2. The minimum atomic E-state index is -3.14. The van der Waals surface area contributed by atoms with E-state index >= 15 is 0 Å². The van der Waals surface area contributed by atoms with Crippen LogP contribution in [-0.4, -0.2) is 97.6 Å². The summed E-state index contributed by atoms with van der Waals surface area (Å²) in [6.07, 6.45) is 4.79. The zero-order valence-electron chi connectivity index (χ0n) is 39.5. The molecule has 354 valence electrons. The van der Waals surface area contributed by atoms with Gasteiger partial charge in [0.2, 0.25) is 0 Å². The lowest BCUT2D eigenvalue weighted by Gasteiger charge is -2.29. The molecule has 2 rings (SSSR count). The predicted molar refractivity (Wildman–Crippen MR) is 235 cm³/mol. The van der Waals surface area contributed by atoms with Gasteiger partial charge in [-0.2, -0.15) is 5.26 Å². The van der Waals surface area contributed by atoms with E-state index in [1.165, 1.54) is 6.92 Å². The molecule has 2 aliphatic rings. The number of halogens is 4. The van der Waals surface area contributed by atoms with Crippen LogP contribution in [0.2, 0.25) is 0 Å². The summed E-state index contributed by atoms with van der Waals surface area (Å²) in [5.41, 5.74) is -0.0293. The number of nitriles is 1. The highest BCUT2D eigenvalue weighted by atomic mass is 32.2. The lowest BCUT2D eigenvalue weighted by Crippen LogP contribution is -2.36. The van der Waals surface area contributed by atoms with Crippen molar-refractivity contribution < 1.29 is 65.9 Å². The molecule has 0 aromatic rings. The minimum Gasteiger partial charge on any atom is -0.481 e. The molecule has 2 fully saturated rings. The summed E-state index contributed by atoms with van der Waals surface area (Å²) in [5, 5.41) is 44.6. The van der Waals surface area contributed by atoms with E-state index in [1.54, 1.807) is 6.07 Å². The van der Waals surface area contributed by atoms with Gasteiger partial charge in [0.25, 0.3) is 11.8 Å². The Morgan fingerprint density at radius 2 is 1.38 bits per heavy atom. The van der Waals surface area contributed by atoms with E-state index in [0.29, 0.717) is 57.8 Å². The summed E-state index contributed by atoms with van der Waals surface area (Å²) >= 11 is 0.725. The van der Waals surface area contributed by atoms with Crippen LogP contribution in [0.15, 0.2) is 0 Å². The average Bonchev–Trinajstić information content (AvgIpc) is 3.67. The van der Waals surface area contributed by atoms with Crippen LogP contribution < -0.4 is 0 Å². The molecule has 18 heteroatoms. The summed E-state index contributed by atoms with van der Waals surface area (Å²) < 4.78 is 90.4. The van der Waals surface area contributed by atoms with Gasteiger partial charge in [-0.15, -0.1) is 0 Å². The maximum Gasteiger partial charge on any atom is 0.303 e. The maximum atomic E-state index is 14.9. The lowest BCUT2D eigenvalue weighted by molar-refractivity contribution is -0.138. The normalized spacial score (nSPS) is 23.2. The molecule has 2 aliphatic carbocycles. The van der Waals surface area contributed by atoms with Crippen molar-refractivity contribution >= 4 is 52.7 Å². The number of unbranched alkanes of at least 4 members (excludes halogenated alkanes) is 8. The topological polar surface area (TPSA) is 191 Å². The first-order valence-corrected chi connectivity index (χ1v) is 23.4. The third kappa shape index (κ3) is 24.7. The van der Waals surface area contributed by atoms with Crippen molar-refractivity contribution in [2.75, 3.05) is 5.65 Å². The zero-order valence-corrected chi connectivity index (χ0v) is 38.3. The Morgan fingerprint density at radius 1 is 0.885 bits per heavy atom. The molecule has 0 spiro atoms. The highest BCUT2D eigenvalue weighted by molar-refractivity contribution is 7.95.